The number of fused-ring (bicyclic) bond motifs is 1. The van der Waals surface area contributed by atoms with E-state index >= 15 is 0 Å². The highest BCUT2D eigenvalue weighted by atomic mass is 35.5. The van der Waals surface area contributed by atoms with Gasteiger partial charge in [-0.3, -0.25) is 14.5 Å². The second kappa shape index (κ2) is 10.8. The predicted molar refractivity (Wildman–Crippen MR) is 152 cm³/mol. The van der Waals surface area contributed by atoms with Crippen molar-refractivity contribution in [1.29, 1.82) is 0 Å². The minimum absolute atomic E-state index is 0.131. The van der Waals surface area contributed by atoms with Gasteiger partial charge in [-0.1, -0.05) is 52.4 Å². The Balaban J connectivity index is 1.36. The third-order valence-corrected chi connectivity index (χ3v) is 8.95. The van der Waals surface area contributed by atoms with Crippen LogP contribution in [-0.2, 0) is 15.3 Å². The first-order chi connectivity index (χ1) is 19.3. The number of nitrogens with zero attached hydrogens (tertiary/aromatic N) is 3. The van der Waals surface area contributed by atoms with Gasteiger partial charge in [0.25, 0.3) is 5.78 Å². The van der Waals surface area contributed by atoms with Gasteiger partial charge in [-0.05, 0) is 55.0 Å². The molecule has 1 N–H and O–H groups in total. The number of aromatic nitrogens is 2. The number of hydrogen-bond acceptors (Lipinski definition) is 10. The average molecular weight is 617 g/mol. The lowest BCUT2D eigenvalue weighted by Gasteiger charge is -2.21. The molecule has 0 spiro atoms. The molecule has 1 fully saturated rings. The maximum atomic E-state index is 13.4. The Kier molecular flexibility index (Phi) is 7.22. The third kappa shape index (κ3) is 4.94. The normalized spacial score (nSPS) is 18.0. The summed E-state index contributed by atoms with van der Waals surface area (Å²) in [5.41, 5.74) is 1.02. The number of ketones is 1. The summed E-state index contributed by atoms with van der Waals surface area (Å²) in [6.07, 6.45) is 0. The Labute approximate surface area is 246 Å². The van der Waals surface area contributed by atoms with E-state index in [9.17, 15) is 14.7 Å². The molecule has 0 aliphatic carbocycles. The van der Waals surface area contributed by atoms with Crippen molar-refractivity contribution < 1.29 is 28.6 Å². The molecule has 1 unspecified atom stereocenters. The number of aliphatic hydroxyl groups is 1. The van der Waals surface area contributed by atoms with Crippen LogP contribution in [0.4, 0.5) is 5.13 Å². The molecule has 4 heterocycles. The van der Waals surface area contributed by atoms with E-state index in [1.807, 2.05) is 6.07 Å². The molecule has 2 aromatic carbocycles. The standard InChI is InChI=1S/C27H19Cl2N3O6S2/c1-13-2-6-19(38-13)22-21(23(33)14-4-7-18-20(10-14)37-9-8-36-18)24(34)25(35)32(22)26-30-31-27(40-26)39-12-15-3-5-16(28)11-17(15)29/h2-7,10-11,22,33H,8-9,12H2,1H3. The minimum atomic E-state index is -1.06. The Morgan fingerprint density at radius 3 is 2.62 bits per heavy atom. The van der Waals surface area contributed by atoms with Gasteiger partial charge in [0.1, 0.15) is 36.5 Å². The minimum Gasteiger partial charge on any atom is -0.507 e. The number of furan rings is 1. The number of aliphatic hydroxyl groups excluding tert-OH is 1. The number of Topliss-reactive ketones (excluding diaryl/α,β-unsaturated/α-hetero) is 1. The number of rotatable bonds is 6. The number of amides is 1. The number of hydrogen-bond donors (Lipinski definition) is 1. The van der Waals surface area contributed by atoms with E-state index in [0.717, 1.165) is 16.9 Å². The monoisotopic (exact) mass is 615 g/mol. The lowest BCUT2D eigenvalue weighted by molar-refractivity contribution is -0.132. The highest BCUT2D eigenvalue weighted by Gasteiger charge is 2.50. The van der Waals surface area contributed by atoms with Crippen molar-refractivity contribution in [3.8, 4) is 11.5 Å². The molecule has 40 heavy (non-hydrogen) atoms. The molecule has 0 radical (unpaired) electrons. The highest BCUT2D eigenvalue weighted by molar-refractivity contribution is 8.00. The molecule has 0 bridgehead atoms. The molecule has 1 atom stereocenters. The summed E-state index contributed by atoms with van der Waals surface area (Å²) in [7, 11) is 0. The number of thioether (sulfide) groups is 1. The molecule has 13 heteroatoms. The maximum absolute atomic E-state index is 13.4. The summed E-state index contributed by atoms with van der Waals surface area (Å²) >= 11 is 14.8. The summed E-state index contributed by atoms with van der Waals surface area (Å²) in [5.74, 6) is 0.237. The second-order valence-corrected chi connectivity index (χ2v) is 11.9. The number of benzene rings is 2. The van der Waals surface area contributed by atoms with Crippen LogP contribution in [0.15, 0.2) is 62.9 Å². The topological polar surface area (TPSA) is 115 Å². The van der Waals surface area contributed by atoms with Crippen molar-refractivity contribution in [3.05, 3.63) is 86.8 Å². The summed E-state index contributed by atoms with van der Waals surface area (Å²) < 4.78 is 17.6. The lowest BCUT2D eigenvalue weighted by Crippen LogP contribution is -2.29. The van der Waals surface area contributed by atoms with Crippen LogP contribution in [-0.4, -0.2) is 40.2 Å². The number of halogens is 2. The van der Waals surface area contributed by atoms with Crippen LogP contribution in [0, 0.1) is 6.92 Å². The second-order valence-electron chi connectivity index (χ2n) is 8.85. The van der Waals surface area contributed by atoms with Crippen LogP contribution >= 0.6 is 46.3 Å². The van der Waals surface area contributed by atoms with E-state index in [-0.39, 0.29) is 16.5 Å². The SMILES string of the molecule is Cc1ccc(C2C(=C(O)c3ccc4c(c3)OCCO4)C(=O)C(=O)N2c2nnc(SCc3ccc(Cl)cc3Cl)s2)o1. The number of ether oxygens (including phenoxy) is 2. The van der Waals surface area contributed by atoms with Gasteiger partial charge in [-0.2, -0.15) is 0 Å². The quantitative estimate of drug-likeness (QED) is 0.0860. The third-order valence-electron chi connectivity index (χ3n) is 6.26. The molecule has 1 saturated heterocycles. The number of carbonyl (C=O) groups excluding carboxylic acids is 2. The first-order valence-corrected chi connectivity index (χ1v) is 14.5. The lowest BCUT2D eigenvalue weighted by atomic mass is 9.99. The van der Waals surface area contributed by atoms with E-state index < -0.39 is 17.7 Å². The molecule has 204 valence electrons. The van der Waals surface area contributed by atoms with Gasteiger partial charge in [-0.15, -0.1) is 10.2 Å². The van der Waals surface area contributed by atoms with Crippen molar-refractivity contribution in [2.75, 3.05) is 18.1 Å². The van der Waals surface area contributed by atoms with Gasteiger partial charge >= 0.3 is 5.91 Å². The molecule has 1 amide bonds. The van der Waals surface area contributed by atoms with Crippen LogP contribution in [0.25, 0.3) is 5.76 Å². The molecule has 2 aliphatic rings. The Hall–Kier alpha value is -3.51. The van der Waals surface area contributed by atoms with Crippen LogP contribution in [0.1, 0.15) is 28.7 Å². The van der Waals surface area contributed by atoms with Crippen LogP contribution in [0.5, 0.6) is 11.5 Å². The Morgan fingerprint density at radius 2 is 1.88 bits per heavy atom. The molecule has 4 aromatic rings. The summed E-state index contributed by atoms with van der Waals surface area (Å²) in [4.78, 5) is 28.0. The van der Waals surface area contributed by atoms with Crippen molar-refractivity contribution >= 4 is 68.9 Å². The van der Waals surface area contributed by atoms with Crippen LogP contribution in [0.2, 0.25) is 10.0 Å². The Bertz CT molecular complexity index is 1680. The molecular formula is C27H19Cl2N3O6S2. The van der Waals surface area contributed by atoms with E-state index in [1.54, 1.807) is 49.4 Å². The fourth-order valence-corrected chi connectivity index (χ4v) is 6.81. The first-order valence-electron chi connectivity index (χ1n) is 12.0. The maximum Gasteiger partial charge on any atom is 0.302 e. The number of aryl methyl sites for hydroxylation is 1. The van der Waals surface area contributed by atoms with Crippen molar-refractivity contribution in [2.24, 2.45) is 0 Å². The van der Waals surface area contributed by atoms with Gasteiger partial charge in [0, 0.05) is 21.4 Å². The van der Waals surface area contributed by atoms with Gasteiger partial charge in [0.15, 0.2) is 15.8 Å². The van der Waals surface area contributed by atoms with E-state index in [4.69, 9.17) is 37.1 Å². The van der Waals surface area contributed by atoms with E-state index in [2.05, 4.69) is 10.2 Å². The van der Waals surface area contributed by atoms with E-state index in [1.165, 1.54) is 16.7 Å². The molecule has 2 aliphatic heterocycles. The largest absolute Gasteiger partial charge is 0.507 e. The molecule has 2 aromatic heterocycles. The summed E-state index contributed by atoms with van der Waals surface area (Å²) in [6, 6.07) is 12.4. The molecular weight excluding hydrogens is 597 g/mol. The molecule has 6 rings (SSSR count). The fourth-order valence-electron chi connectivity index (χ4n) is 4.38. The smallest absolute Gasteiger partial charge is 0.302 e. The zero-order valence-corrected chi connectivity index (χ0v) is 23.9. The highest BCUT2D eigenvalue weighted by Crippen LogP contribution is 2.45. The van der Waals surface area contributed by atoms with E-state index in [0.29, 0.717) is 61.9 Å². The van der Waals surface area contributed by atoms with Crippen LogP contribution in [0.3, 0.4) is 0 Å². The van der Waals surface area contributed by atoms with Crippen molar-refractivity contribution in [3.63, 3.8) is 0 Å². The van der Waals surface area contributed by atoms with Crippen LogP contribution < -0.4 is 14.4 Å². The van der Waals surface area contributed by atoms with Crippen molar-refractivity contribution in [1.82, 2.24) is 10.2 Å². The first kappa shape index (κ1) is 26.7. The summed E-state index contributed by atoms with van der Waals surface area (Å²) in [5, 5.41) is 21.0. The number of carbonyl (C=O) groups is 2. The van der Waals surface area contributed by atoms with Gasteiger partial charge in [-0.25, -0.2) is 0 Å². The molecule has 9 nitrogen and oxygen atoms in total. The zero-order valence-electron chi connectivity index (χ0n) is 20.7. The van der Waals surface area contributed by atoms with Crippen molar-refractivity contribution in [2.45, 2.75) is 23.1 Å². The Morgan fingerprint density at radius 1 is 1.07 bits per heavy atom. The molecule has 0 saturated carbocycles. The van der Waals surface area contributed by atoms with Gasteiger partial charge < -0.3 is 19.0 Å². The number of anilines is 1. The fraction of sp³-hybridized carbons (Fsp3) is 0.185. The summed E-state index contributed by atoms with van der Waals surface area (Å²) in [6.45, 7) is 2.52. The van der Waals surface area contributed by atoms with Gasteiger partial charge in [0.05, 0.1) is 5.57 Å². The van der Waals surface area contributed by atoms with Gasteiger partial charge in [0.2, 0.25) is 5.13 Å². The zero-order chi connectivity index (χ0) is 28.0. The predicted octanol–water partition coefficient (Wildman–Crippen LogP) is 6.44. The average Bonchev–Trinajstić information content (AvgIpc) is 3.65.